The van der Waals surface area contributed by atoms with E-state index < -0.39 is 5.60 Å². The van der Waals surface area contributed by atoms with E-state index in [0.717, 1.165) is 25.4 Å². The largest absolute Gasteiger partial charge is 0.497 e. The molecule has 1 aromatic rings. The molecule has 0 unspecified atom stereocenters. The number of amides is 1. The SMILES string of the molecule is COc1ccc([C@H]2CNCCN2CC2(O)CCN(C(C)=O)CC2)cc1. The Balaban J connectivity index is 1.67. The number of methoxy groups -OCH3 is 1. The Bertz CT molecular complexity index is 582. The Morgan fingerprint density at radius 3 is 2.56 bits per heavy atom. The molecule has 0 aromatic heterocycles. The monoisotopic (exact) mass is 347 g/mol. The minimum atomic E-state index is -0.714. The van der Waals surface area contributed by atoms with E-state index in [0.29, 0.717) is 32.5 Å². The molecule has 0 bridgehead atoms. The van der Waals surface area contributed by atoms with Crippen molar-refractivity contribution in [3.8, 4) is 5.75 Å². The molecular weight excluding hydrogens is 318 g/mol. The number of ether oxygens (including phenoxy) is 1. The number of hydrogen-bond donors (Lipinski definition) is 2. The van der Waals surface area contributed by atoms with Gasteiger partial charge in [0.2, 0.25) is 5.91 Å². The summed E-state index contributed by atoms with van der Waals surface area (Å²) in [5.74, 6) is 0.953. The summed E-state index contributed by atoms with van der Waals surface area (Å²) in [5.41, 5.74) is 0.520. The molecule has 0 saturated carbocycles. The molecule has 6 nitrogen and oxygen atoms in total. The third kappa shape index (κ3) is 4.32. The van der Waals surface area contributed by atoms with Crippen LogP contribution in [0.2, 0.25) is 0 Å². The lowest BCUT2D eigenvalue weighted by Crippen LogP contribution is -2.55. The number of nitrogens with zero attached hydrogens (tertiary/aromatic N) is 2. The van der Waals surface area contributed by atoms with Crippen LogP contribution in [0.3, 0.4) is 0 Å². The summed E-state index contributed by atoms with van der Waals surface area (Å²) in [6.07, 6.45) is 1.29. The van der Waals surface area contributed by atoms with E-state index in [9.17, 15) is 9.90 Å². The zero-order valence-electron chi connectivity index (χ0n) is 15.2. The Kier molecular flexibility index (Phi) is 5.61. The van der Waals surface area contributed by atoms with Crippen molar-refractivity contribution in [2.45, 2.75) is 31.4 Å². The van der Waals surface area contributed by atoms with Gasteiger partial charge in [-0.3, -0.25) is 9.69 Å². The van der Waals surface area contributed by atoms with E-state index in [-0.39, 0.29) is 11.9 Å². The van der Waals surface area contributed by atoms with Gasteiger partial charge in [0, 0.05) is 52.2 Å². The number of hydrogen-bond acceptors (Lipinski definition) is 5. The molecule has 2 N–H and O–H groups in total. The molecule has 2 fully saturated rings. The Hall–Kier alpha value is -1.63. The summed E-state index contributed by atoms with van der Waals surface area (Å²) in [6.45, 7) is 6.26. The molecule has 25 heavy (non-hydrogen) atoms. The molecule has 0 radical (unpaired) electrons. The molecule has 3 rings (SSSR count). The maximum absolute atomic E-state index is 11.5. The summed E-state index contributed by atoms with van der Waals surface area (Å²) in [4.78, 5) is 15.7. The molecule has 2 heterocycles. The lowest BCUT2D eigenvalue weighted by Gasteiger charge is -2.44. The van der Waals surface area contributed by atoms with Crippen molar-refractivity contribution < 1.29 is 14.6 Å². The van der Waals surface area contributed by atoms with Crippen LogP contribution < -0.4 is 10.1 Å². The van der Waals surface area contributed by atoms with Gasteiger partial charge >= 0.3 is 0 Å². The third-order valence-corrected chi connectivity index (χ3v) is 5.49. The normalized spacial score (nSPS) is 24.1. The van der Waals surface area contributed by atoms with Gasteiger partial charge in [-0.05, 0) is 30.5 Å². The van der Waals surface area contributed by atoms with E-state index in [2.05, 4.69) is 22.3 Å². The van der Waals surface area contributed by atoms with Crippen LogP contribution in [-0.4, -0.2) is 72.8 Å². The maximum atomic E-state index is 11.5. The first-order chi connectivity index (χ1) is 12.0. The van der Waals surface area contributed by atoms with E-state index in [1.807, 2.05) is 17.0 Å². The Labute approximate surface area is 149 Å². The van der Waals surface area contributed by atoms with Gasteiger partial charge in [0.05, 0.1) is 12.7 Å². The highest BCUT2D eigenvalue weighted by Crippen LogP contribution is 2.29. The number of likely N-dealkylation sites (tertiary alicyclic amines) is 1. The molecule has 138 valence electrons. The van der Waals surface area contributed by atoms with Crippen LogP contribution >= 0.6 is 0 Å². The van der Waals surface area contributed by atoms with Crippen LogP contribution in [-0.2, 0) is 4.79 Å². The molecule has 1 atom stereocenters. The van der Waals surface area contributed by atoms with E-state index in [1.165, 1.54) is 5.56 Å². The number of rotatable bonds is 4. The predicted molar refractivity (Wildman–Crippen MR) is 96.6 cm³/mol. The zero-order valence-corrected chi connectivity index (χ0v) is 15.2. The first-order valence-corrected chi connectivity index (χ1v) is 9.07. The van der Waals surface area contributed by atoms with Crippen molar-refractivity contribution in [2.75, 3.05) is 46.4 Å². The molecule has 6 heteroatoms. The van der Waals surface area contributed by atoms with Crippen molar-refractivity contribution in [1.82, 2.24) is 15.1 Å². The van der Waals surface area contributed by atoms with Gasteiger partial charge in [-0.15, -0.1) is 0 Å². The fourth-order valence-corrected chi connectivity index (χ4v) is 3.86. The fraction of sp³-hybridized carbons (Fsp3) is 0.632. The van der Waals surface area contributed by atoms with Gasteiger partial charge in [0.25, 0.3) is 0 Å². The predicted octanol–water partition coefficient (Wildman–Crippen LogP) is 1.01. The highest BCUT2D eigenvalue weighted by Gasteiger charge is 2.37. The minimum absolute atomic E-state index is 0.0975. The second-order valence-corrected chi connectivity index (χ2v) is 7.19. The highest BCUT2D eigenvalue weighted by atomic mass is 16.5. The van der Waals surface area contributed by atoms with Gasteiger partial charge in [0.15, 0.2) is 0 Å². The lowest BCUT2D eigenvalue weighted by atomic mass is 9.89. The van der Waals surface area contributed by atoms with Crippen molar-refractivity contribution >= 4 is 5.91 Å². The number of benzene rings is 1. The summed E-state index contributed by atoms with van der Waals surface area (Å²) in [7, 11) is 1.67. The topological polar surface area (TPSA) is 65.0 Å². The third-order valence-electron chi connectivity index (χ3n) is 5.49. The van der Waals surface area contributed by atoms with E-state index in [4.69, 9.17) is 4.74 Å². The molecule has 0 aliphatic carbocycles. The minimum Gasteiger partial charge on any atom is -0.497 e. The summed E-state index contributed by atoms with van der Waals surface area (Å²) >= 11 is 0. The van der Waals surface area contributed by atoms with Gasteiger partial charge in [0.1, 0.15) is 5.75 Å². The number of carbonyl (C=O) groups is 1. The van der Waals surface area contributed by atoms with Gasteiger partial charge in [-0.25, -0.2) is 0 Å². The second-order valence-electron chi connectivity index (χ2n) is 7.19. The molecule has 2 aliphatic rings. The Morgan fingerprint density at radius 2 is 1.96 bits per heavy atom. The summed E-state index contributed by atoms with van der Waals surface area (Å²) in [5, 5.41) is 14.5. The second kappa shape index (κ2) is 7.72. The average Bonchev–Trinajstić information content (AvgIpc) is 2.62. The van der Waals surface area contributed by atoms with Crippen LogP contribution in [0.25, 0.3) is 0 Å². The molecule has 2 aliphatic heterocycles. The molecule has 2 saturated heterocycles. The van der Waals surface area contributed by atoms with Crippen LogP contribution in [0.15, 0.2) is 24.3 Å². The van der Waals surface area contributed by atoms with Crippen LogP contribution in [0, 0.1) is 0 Å². The van der Waals surface area contributed by atoms with E-state index in [1.54, 1.807) is 14.0 Å². The van der Waals surface area contributed by atoms with Gasteiger partial charge < -0.3 is 20.1 Å². The molecule has 1 amide bonds. The number of nitrogens with one attached hydrogen (secondary N) is 1. The summed E-state index contributed by atoms with van der Waals surface area (Å²) in [6, 6.07) is 8.43. The molecule has 0 spiro atoms. The van der Waals surface area contributed by atoms with E-state index >= 15 is 0 Å². The summed E-state index contributed by atoms with van der Waals surface area (Å²) < 4.78 is 5.25. The van der Waals surface area contributed by atoms with Gasteiger partial charge in [-0.1, -0.05) is 12.1 Å². The van der Waals surface area contributed by atoms with Crippen LogP contribution in [0.5, 0.6) is 5.75 Å². The van der Waals surface area contributed by atoms with Crippen LogP contribution in [0.4, 0.5) is 0 Å². The first kappa shape index (κ1) is 18.2. The highest BCUT2D eigenvalue weighted by molar-refractivity contribution is 5.73. The average molecular weight is 347 g/mol. The molecule has 1 aromatic carbocycles. The number of aliphatic hydroxyl groups is 1. The van der Waals surface area contributed by atoms with Crippen LogP contribution in [0.1, 0.15) is 31.4 Å². The van der Waals surface area contributed by atoms with Crippen molar-refractivity contribution in [3.63, 3.8) is 0 Å². The number of carbonyl (C=O) groups excluding carboxylic acids is 1. The van der Waals surface area contributed by atoms with Crippen molar-refractivity contribution in [1.29, 1.82) is 0 Å². The van der Waals surface area contributed by atoms with Gasteiger partial charge in [-0.2, -0.15) is 0 Å². The number of piperidine rings is 1. The van der Waals surface area contributed by atoms with Crippen molar-refractivity contribution in [2.24, 2.45) is 0 Å². The first-order valence-electron chi connectivity index (χ1n) is 9.07. The Morgan fingerprint density at radius 1 is 1.28 bits per heavy atom. The quantitative estimate of drug-likeness (QED) is 0.851. The fourth-order valence-electron chi connectivity index (χ4n) is 3.86. The smallest absolute Gasteiger partial charge is 0.219 e. The lowest BCUT2D eigenvalue weighted by molar-refractivity contribution is -0.134. The zero-order chi connectivity index (χ0) is 17.9. The standard InChI is InChI=1S/C19H29N3O3/c1-15(23)21-10-7-19(24,8-11-21)14-22-12-9-20-13-18(22)16-3-5-17(25-2)6-4-16/h3-6,18,20,24H,7-14H2,1-2H3/t18-/m1/s1. The number of β-amino-alcohol motifs (C(OH)–C–C–N with tert-alkyl or cyclic N) is 1. The number of piperazine rings is 1. The maximum Gasteiger partial charge on any atom is 0.219 e. The van der Waals surface area contributed by atoms with Crippen molar-refractivity contribution in [3.05, 3.63) is 29.8 Å². The molecular formula is C19H29N3O3.